The van der Waals surface area contributed by atoms with Gasteiger partial charge in [-0.05, 0) is 79.9 Å². The van der Waals surface area contributed by atoms with Crippen LogP contribution in [0.15, 0.2) is 42.1 Å². The highest BCUT2D eigenvalue weighted by Gasteiger charge is 2.60. The van der Waals surface area contributed by atoms with Crippen LogP contribution in [0.1, 0.15) is 64.0 Å². The van der Waals surface area contributed by atoms with E-state index in [2.05, 4.69) is 35.6 Å². The number of hydrogen-bond donors (Lipinski definition) is 1. The Labute approximate surface area is 200 Å². The molecule has 0 spiro atoms. The topological polar surface area (TPSA) is 58.1 Å². The largest absolute Gasteiger partial charge is 0.338 e. The summed E-state index contributed by atoms with van der Waals surface area (Å²) in [4.78, 5) is 23.6. The molecule has 0 saturated heterocycles. The van der Waals surface area contributed by atoms with Crippen molar-refractivity contribution >= 4 is 28.1 Å². The second-order valence-electron chi connectivity index (χ2n) is 11.2. The molecule has 3 fully saturated rings. The molecule has 1 amide bonds. The van der Waals surface area contributed by atoms with Crippen LogP contribution in [0.2, 0.25) is 0 Å². The Kier molecular flexibility index (Phi) is 4.95. The Morgan fingerprint density at radius 1 is 1.15 bits per heavy atom. The molecule has 174 valence electrons. The SMILES string of the molecule is CN1C(=O)C=C[C@]2(C)[C@H]3CC[C@]4(C)[C@@H](c5csc(Nc6cccnc6)n5)CC[C@H]4[C@@H]3CC[C@@H]12. The van der Waals surface area contributed by atoms with E-state index in [4.69, 9.17) is 4.98 Å². The number of nitrogens with zero attached hydrogens (tertiary/aromatic N) is 3. The van der Waals surface area contributed by atoms with Gasteiger partial charge >= 0.3 is 0 Å². The first-order valence-electron chi connectivity index (χ1n) is 12.5. The Morgan fingerprint density at radius 2 is 2.03 bits per heavy atom. The minimum Gasteiger partial charge on any atom is -0.338 e. The molecule has 1 aliphatic heterocycles. The number of anilines is 2. The van der Waals surface area contributed by atoms with Gasteiger partial charge in [0, 0.05) is 36.0 Å². The van der Waals surface area contributed by atoms with E-state index in [1.54, 1.807) is 17.5 Å². The van der Waals surface area contributed by atoms with Crippen molar-refractivity contribution in [2.75, 3.05) is 12.4 Å². The molecular formula is C27H34N4OS. The summed E-state index contributed by atoms with van der Waals surface area (Å²) in [5.41, 5.74) is 2.71. The van der Waals surface area contributed by atoms with Crippen LogP contribution in [0.5, 0.6) is 0 Å². The van der Waals surface area contributed by atoms with E-state index in [9.17, 15) is 4.79 Å². The molecule has 2 aromatic rings. The molecule has 4 aliphatic rings. The van der Waals surface area contributed by atoms with Crippen LogP contribution < -0.4 is 5.32 Å². The van der Waals surface area contributed by atoms with E-state index < -0.39 is 0 Å². The summed E-state index contributed by atoms with van der Waals surface area (Å²) in [5.74, 6) is 2.91. The van der Waals surface area contributed by atoms with Gasteiger partial charge in [-0.2, -0.15) is 0 Å². The molecule has 2 aromatic heterocycles. The van der Waals surface area contributed by atoms with E-state index in [1.165, 1.54) is 37.8 Å². The van der Waals surface area contributed by atoms with Crippen molar-refractivity contribution in [3.8, 4) is 0 Å². The summed E-state index contributed by atoms with van der Waals surface area (Å²) in [7, 11) is 2.01. The molecule has 0 aromatic carbocycles. The van der Waals surface area contributed by atoms with Gasteiger partial charge in [-0.3, -0.25) is 9.78 Å². The number of carbonyl (C=O) groups is 1. The number of nitrogens with one attached hydrogen (secondary N) is 1. The van der Waals surface area contributed by atoms with Crippen molar-refractivity contribution in [3.63, 3.8) is 0 Å². The Morgan fingerprint density at radius 3 is 2.85 bits per heavy atom. The fraction of sp³-hybridized carbons (Fsp3) is 0.593. The van der Waals surface area contributed by atoms with Crippen molar-refractivity contribution in [1.29, 1.82) is 0 Å². The molecule has 7 atom stereocenters. The summed E-state index contributed by atoms with van der Waals surface area (Å²) in [6.45, 7) is 4.99. The van der Waals surface area contributed by atoms with Crippen LogP contribution in [-0.2, 0) is 4.79 Å². The number of hydrogen-bond acceptors (Lipinski definition) is 5. The van der Waals surface area contributed by atoms with Crippen molar-refractivity contribution in [2.45, 2.75) is 64.3 Å². The number of pyridine rings is 1. The van der Waals surface area contributed by atoms with Crippen molar-refractivity contribution in [2.24, 2.45) is 28.6 Å². The maximum Gasteiger partial charge on any atom is 0.246 e. The lowest BCUT2D eigenvalue weighted by Crippen LogP contribution is -2.59. The molecule has 0 bridgehead atoms. The van der Waals surface area contributed by atoms with Gasteiger partial charge in [0.25, 0.3) is 0 Å². The average Bonchev–Trinajstić information content (AvgIpc) is 3.41. The maximum absolute atomic E-state index is 12.3. The molecule has 3 heterocycles. The highest BCUT2D eigenvalue weighted by Crippen LogP contribution is 2.67. The van der Waals surface area contributed by atoms with E-state index >= 15 is 0 Å². The Bertz CT molecular complexity index is 1080. The lowest BCUT2D eigenvalue weighted by atomic mass is 9.47. The monoisotopic (exact) mass is 462 g/mol. The summed E-state index contributed by atoms with van der Waals surface area (Å²) < 4.78 is 0. The average molecular weight is 463 g/mol. The third kappa shape index (κ3) is 3.20. The quantitative estimate of drug-likeness (QED) is 0.607. The van der Waals surface area contributed by atoms with Gasteiger partial charge in [-0.15, -0.1) is 11.3 Å². The number of fused-ring (bicyclic) bond motifs is 5. The predicted molar refractivity (Wildman–Crippen MR) is 132 cm³/mol. The molecule has 3 aliphatic carbocycles. The number of thiazole rings is 1. The van der Waals surface area contributed by atoms with Gasteiger partial charge < -0.3 is 10.2 Å². The minimum absolute atomic E-state index is 0.117. The Hall–Kier alpha value is -2.21. The summed E-state index contributed by atoms with van der Waals surface area (Å²) in [6, 6.07) is 4.34. The summed E-state index contributed by atoms with van der Waals surface area (Å²) in [5, 5.41) is 6.67. The molecule has 33 heavy (non-hydrogen) atoms. The number of rotatable bonds is 3. The third-order valence-corrected chi connectivity index (χ3v) is 10.7. The van der Waals surface area contributed by atoms with Crippen LogP contribution in [-0.4, -0.2) is 33.9 Å². The van der Waals surface area contributed by atoms with Crippen LogP contribution in [0, 0.1) is 28.6 Å². The van der Waals surface area contributed by atoms with E-state index in [0.717, 1.165) is 29.1 Å². The van der Waals surface area contributed by atoms with Crippen molar-refractivity contribution in [1.82, 2.24) is 14.9 Å². The lowest BCUT2D eigenvalue weighted by molar-refractivity contribution is -0.138. The van der Waals surface area contributed by atoms with Gasteiger partial charge in [0.2, 0.25) is 5.91 Å². The van der Waals surface area contributed by atoms with E-state index in [0.29, 0.717) is 23.3 Å². The molecule has 0 radical (unpaired) electrons. The zero-order valence-electron chi connectivity index (χ0n) is 19.8. The third-order valence-electron chi connectivity index (χ3n) is 9.92. The van der Waals surface area contributed by atoms with Gasteiger partial charge in [0.05, 0.1) is 17.6 Å². The first-order chi connectivity index (χ1) is 15.9. The second kappa shape index (κ2) is 7.66. The summed E-state index contributed by atoms with van der Waals surface area (Å²) in [6.07, 6.45) is 15.2. The lowest BCUT2D eigenvalue weighted by Gasteiger charge is -2.60. The minimum atomic E-state index is 0.117. The number of likely N-dealkylation sites (N-methyl/N-ethyl adjacent to an activating group) is 1. The standard InChI is InChI=1S/C27H34N4OS/c1-26-12-10-20-18(6-9-23-27(20,2)13-11-24(32)31(23)3)19(26)7-8-21(26)22-16-33-25(30-22)29-17-5-4-14-28-15-17/h4-5,11,13-16,18-21,23H,6-10,12H2,1-3H3,(H,29,30)/t18-,19-,20-,21+,23+,26-,27+/m0/s1. The van der Waals surface area contributed by atoms with Gasteiger partial charge in [0.15, 0.2) is 5.13 Å². The second-order valence-corrected chi connectivity index (χ2v) is 12.1. The van der Waals surface area contributed by atoms with Crippen molar-refractivity contribution < 1.29 is 4.79 Å². The number of carbonyl (C=O) groups excluding carboxylic acids is 1. The number of aromatic nitrogens is 2. The van der Waals surface area contributed by atoms with Gasteiger partial charge in [-0.1, -0.05) is 19.9 Å². The summed E-state index contributed by atoms with van der Waals surface area (Å²) >= 11 is 1.71. The fourth-order valence-electron chi connectivity index (χ4n) is 8.29. The molecule has 0 unspecified atom stereocenters. The maximum atomic E-state index is 12.3. The van der Waals surface area contributed by atoms with Crippen LogP contribution in [0.25, 0.3) is 0 Å². The van der Waals surface area contributed by atoms with E-state index in [1.807, 2.05) is 36.4 Å². The first kappa shape index (κ1) is 21.3. The number of amides is 1. The van der Waals surface area contributed by atoms with Gasteiger partial charge in [-0.25, -0.2) is 4.98 Å². The van der Waals surface area contributed by atoms with Crippen LogP contribution >= 0.6 is 11.3 Å². The highest BCUT2D eigenvalue weighted by atomic mass is 32.1. The van der Waals surface area contributed by atoms with E-state index in [-0.39, 0.29) is 11.3 Å². The zero-order valence-corrected chi connectivity index (χ0v) is 20.6. The van der Waals surface area contributed by atoms with Gasteiger partial charge in [0.1, 0.15) is 0 Å². The normalized spacial score (nSPS) is 39.7. The molecule has 1 N–H and O–H groups in total. The molecule has 3 saturated carbocycles. The predicted octanol–water partition coefficient (Wildman–Crippen LogP) is 6.00. The Balaban J connectivity index is 1.24. The zero-order chi connectivity index (χ0) is 22.8. The molecule has 6 heteroatoms. The smallest absolute Gasteiger partial charge is 0.246 e. The highest BCUT2D eigenvalue weighted by molar-refractivity contribution is 7.13. The molecular weight excluding hydrogens is 428 g/mol. The van der Waals surface area contributed by atoms with Crippen LogP contribution in [0.4, 0.5) is 10.8 Å². The molecule has 5 nitrogen and oxygen atoms in total. The van der Waals surface area contributed by atoms with Crippen LogP contribution in [0.3, 0.4) is 0 Å². The fourth-order valence-corrected chi connectivity index (χ4v) is 9.07. The van der Waals surface area contributed by atoms with Crippen molar-refractivity contribution in [3.05, 3.63) is 47.8 Å². The first-order valence-corrected chi connectivity index (χ1v) is 13.4. The molecule has 6 rings (SSSR count).